The quantitative estimate of drug-likeness (QED) is 0.242. The molecule has 5 heteroatoms. The van der Waals surface area contributed by atoms with E-state index >= 15 is 0 Å². The number of hydrogen-bond acceptors (Lipinski definition) is 3. The first-order valence-corrected chi connectivity index (χ1v) is 15.8. The van der Waals surface area contributed by atoms with Gasteiger partial charge in [0.25, 0.3) is 0 Å². The summed E-state index contributed by atoms with van der Waals surface area (Å²) < 4.78 is 8.79. The van der Waals surface area contributed by atoms with E-state index in [1.54, 1.807) is 0 Å². The van der Waals surface area contributed by atoms with Gasteiger partial charge in [0.05, 0.1) is 24.7 Å². The number of hydrogen-bond donors (Lipinski definition) is 0. The van der Waals surface area contributed by atoms with E-state index in [2.05, 4.69) is 97.0 Å². The average molecular weight is 484 g/mol. The van der Waals surface area contributed by atoms with Crippen LogP contribution in [0.15, 0.2) is 101 Å². The maximum Gasteiger partial charge on any atom is 0.179 e. The fourth-order valence-electron chi connectivity index (χ4n) is 5.07. The second kappa shape index (κ2) is 7.64. The summed E-state index contributed by atoms with van der Waals surface area (Å²) in [6, 6.07) is 33.8. The molecule has 174 valence electrons. The Kier molecular flexibility index (Phi) is 4.47. The molecule has 3 aromatic heterocycles. The minimum atomic E-state index is -1.46. The Morgan fingerprint density at radius 1 is 0.722 bits per heavy atom. The topological polar surface area (TPSA) is 43.9 Å². The molecule has 0 atom stereocenters. The van der Waals surface area contributed by atoms with Crippen LogP contribution in [0.25, 0.3) is 61.1 Å². The zero-order chi connectivity index (χ0) is 24.4. The number of fused-ring (bicyclic) bond motifs is 5. The van der Waals surface area contributed by atoms with Crippen molar-refractivity contribution in [1.29, 1.82) is 0 Å². The van der Waals surface area contributed by atoms with Crippen molar-refractivity contribution in [3.05, 3.63) is 97.1 Å². The van der Waals surface area contributed by atoms with E-state index in [1.807, 2.05) is 24.3 Å². The van der Waals surface area contributed by atoms with E-state index in [0.717, 1.165) is 61.1 Å². The highest BCUT2D eigenvalue weighted by Gasteiger charge is 2.22. The Hall–Kier alpha value is -4.22. The number of pyridine rings is 1. The predicted molar refractivity (Wildman–Crippen MR) is 152 cm³/mol. The summed E-state index contributed by atoms with van der Waals surface area (Å²) in [5.41, 5.74) is 6.44. The van der Waals surface area contributed by atoms with Crippen LogP contribution in [0.5, 0.6) is 0 Å². The zero-order valence-electron chi connectivity index (χ0n) is 20.5. The van der Waals surface area contributed by atoms with E-state index in [0.29, 0.717) is 0 Å². The van der Waals surface area contributed by atoms with Crippen molar-refractivity contribution in [2.45, 2.75) is 19.6 Å². The third-order valence-corrected chi connectivity index (χ3v) is 9.01. The Balaban J connectivity index is 1.56. The molecule has 0 fully saturated rings. The summed E-state index contributed by atoms with van der Waals surface area (Å²) in [5, 5.41) is 4.73. The number of furan rings is 1. The minimum Gasteiger partial charge on any atom is -0.455 e. The molecular formula is C31H25N3OSi. The molecule has 0 saturated carbocycles. The minimum absolute atomic E-state index is 0.724. The van der Waals surface area contributed by atoms with Crippen LogP contribution in [0.4, 0.5) is 0 Å². The van der Waals surface area contributed by atoms with Crippen molar-refractivity contribution in [1.82, 2.24) is 14.5 Å². The van der Waals surface area contributed by atoms with E-state index in [4.69, 9.17) is 14.4 Å². The number of aromatic nitrogens is 3. The maximum absolute atomic E-state index is 6.59. The Morgan fingerprint density at radius 3 is 2.36 bits per heavy atom. The molecule has 36 heavy (non-hydrogen) atoms. The van der Waals surface area contributed by atoms with Crippen LogP contribution in [0, 0.1) is 0 Å². The van der Waals surface area contributed by atoms with Crippen molar-refractivity contribution in [2.75, 3.05) is 0 Å². The van der Waals surface area contributed by atoms with Crippen molar-refractivity contribution >= 4 is 57.3 Å². The molecule has 0 aliphatic rings. The van der Waals surface area contributed by atoms with Crippen LogP contribution >= 0.6 is 0 Å². The van der Waals surface area contributed by atoms with Crippen LogP contribution in [-0.4, -0.2) is 22.6 Å². The highest BCUT2D eigenvalue weighted by atomic mass is 28.3. The zero-order valence-corrected chi connectivity index (χ0v) is 21.5. The summed E-state index contributed by atoms with van der Waals surface area (Å²) in [7, 11) is -1.46. The lowest BCUT2D eigenvalue weighted by atomic mass is 10.1. The number of para-hydroxylation sites is 3. The van der Waals surface area contributed by atoms with Gasteiger partial charge >= 0.3 is 0 Å². The summed E-state index contributed by atoms with van der Waals surface area (Å²) in [4.78, 5) is 10.00. The maximum atomic E-state index is 6.59. The lowest BCUT2D eigenvalue weighted by molar-refractivity contribution is 0.669. The van der Waals surface area contributed by atoms with Crippen LogP contribution < -0.4 is 5.19 Å². The van der Waals surface area contributed by atoms with Crippen molar-refractivity contribution < 1.29 is 4.42 Å². The van der Waals surface area contributed by atoms with Gasteiger partial charge in [-0.3, -0.25) is 4.57 Å². The molecule has 0 unspecified atom stereocenters. The van der Waals surface area contributed by atoms with Crippen molar-refractivity contribution in [3.8, 4) is 17.1 Å². The molecule has 0 aliphatic carbocycles. The van der Waals surface area contributed by atoms with Gasteiger partial charge in [0.2, 0.25) is 0 Å². The number of imidazole rings is 1. The summed E-state index contributed by atoms with van der Waals surface area (Å²) >= 11 is 0. The monoisotopic (exact) mass is 483 g/mol. The van der Waals surface area contributed by atoms with E-state index in [-0.39, 0.29) is 0 Å². The smallest absolute Gasteiger partial charge is 0.179 e. The normalized spacial score (nSPS) is 12.3. The van der Waals surface area contributed by atoms with Crippen LogP contribution in [0.3, 0.4) is 0 Å². The van der Waals surface area contributed by atoms with E-state index in [9.17, 15) is 0 Å². The molecule has 0 N–H and O–H groups in total. The SMILES string of the molecule is C[Si](C)(C)c1ccc2c(c1)oc1c(-c3nc4nc5ccccc5cc4n3-c3ccccc3)cccc12. The largest absolute Gasteiger partial charge is 0.455 e. The first-order valence-electron chi connectivity index (χ1n) is 12.3. The van der Waals surface area contributed by atoms with Crippen molar-refractivity contribution in [3.63, 3.8) is 0 Å². The fraction of sp³-hybridized carbons (Fsp3) is 0.0968. The molecule has 0 bridgehead atoms. The fourth-order valence-corrected chi connectivity index (χ4v) is 6.21. The van der Waals surface area contributed by atoms with Gasteiger partial charge in [0.15, 0.2) is 11.5 Å². The standard InChI is InChI=1S/C31H25N3OSi/c1-36(2,3)22-16-17-23-24-13-9-14-25(29(24)35-28(23)19-22)31-33-30-27(34(31)21-11-5-4-6-12-21)18-20-10-7-8-15-26(20)32-30/h4-19H,1-3H3. The molecule has 0 saturated heterocycles. The van der Waals surface area contributed by atoms with Gasteiger partial charge in [-0.05, 0) is 36.4 Å². The highest BCUT2D eigenvalue weighted by molar-refractivity contribution is 6.88. The average Bonchev–Trinajstić information content (AvgIpc) is 3.45. The Labute approximate surface area is 209 Å². The van der Waals surface area contributed by atoms with Gasteiger partial charge in [0.1, 0.15) is 11.2 Å². The predicted octanol–water partition coefficient (Wildman–Crippen LogP) is 7.69. The van der Waals surface area contributed by atoms with E-state index < -0.39 is 8.07 Å². The Bertz CT molecular complexity index is 1930. The second-order valence-electron chi connectivity index (χ2n) is 10.4. The number of nitrogens with zero attached hydrogens (tertiary/aromatic N) is 3. The van der Waals surface area contributed by atoms with Gasteiger partial charge < -0.3 is 4.42 Å². The first-order chi connectivity index (χ1) is 17.5. The van der Waals surface area contributed by atoms with Crippen LogP contribution in [0.2, 0.25) is 19.6 Å². The number of benzene rings is 4. The third-order valence-electron chi connectivity index (χ3n) is 6.97. The molecule has 0 amide bonds. The molecule has 4 nitrogen and oxygen atoms in total. The van der Waals surface area contributed by atoms with Crippen molar-refractivity contribution in [2.24, 2.45) is 0 Å². The molecular weight excluding hydrogens is 458 g/mol. The molecule has 7 rings (SSSR count). The lowest BCUT2D eigenvalue weighted by Gasteiger charge is -2.15. The summed E-state index contributed by atoms with van der Waals surface area (Å²) in [6.45, 7) is 7.09. The molecule has 3 heterocycles. The second-order valence-corrected chi connectivity index (χ2v) is 15.5. The summed E-state index contributed by atoms with van der Waals surface area (Å²) in [6.07, 6.45) is 0. The lowest BCUT2D eigenvalue weighted by Crippen LogP contribution is -2.37. The molecule has 0 radical (unpaired) electrons. The first kappa shape index (κ1) is 21.1. The van der Waals surface area contributed by atoms with E-state index in [1.165, 1.54) is 5.19 Å². The van der Waals surface area contributed by atoms with Gasteiger partial charge in [-0.1, -0.05) is 85.5 Å². The van der Waals surface area contributed by atoms with Gasteiger partial charge in [-0.25, -0.2) is 9.97 Å². The van der Waals surface area contributed by atoms with Gasteiger partial charge in [-0.15, -0.1) is 0 Å². The Morgan fingerprint density at radius 2 is 1.53 bits per heavy atom. The summed E-state index contributed by atoms with van der Waals surface area (Å²) in [5.74, 6) is 0.828. The van der Waals surface area contributed by atoms with Crippen LogP contribution in [-0.2, 0) is 0 Å². The van der Waals surface area contributed by atoms with Gasteiger partial charge in [-0.2, -0.15) is 0 Å². The number of rotatable bonds is 3. The molecule has 0 spiro atoms. The molecule has 0 aliphatic heterocycles. The highest BCUT2D eigenvalue weighted by Crippen LogP contribution is 2.37. The molecule has 4 aromatic carbocycles. The van der Waals surface area contributed by atoms with Crippen LogP contribution in [0.1, 0.15) is 0 Å². The molecule has 7 aromatic rings. The third kappa shape index (κ3) is 3.20. The van der Waals surface area contributed by atoms with Gasteiger partial charge in [0, 0.05) is 21.8 Å².